The molecule has 1 unspecified atom stereocenters. The Morgan fingerprint density at radius 1 is 1.50 bits per heavy atom. The molecule has 0 radical (unpaired) electrons. The molecule has 0 spiro atoms. The van der Waals surface area contributed by atoms with Crippen LogP contribution in [0.5, 0.6) is 0 Å². The summed E-state index contributed by atoms with van der Waals surface area (Å²) in [5.41, 5.74) is -0.694. The minimum atomic E-state index is -0.694. The van der Waals surface area contributed by atoms with Gasteiger partial charge >= 0.3 is 6.03 Å². The Balaban J connectivity index is 2.58. The molecule has 1 fully saturated rings. The second-order valence-corrected chi connectivity index (χ2v) is 3.97. The fourth-order valence-electron chi connectivity index (χ4n) is 1.06. The molecule has 0 aromatic carbocycles. The minimum Gasteiger partial charge on any atom is -0.324 e. The van der Waals surface area contributed by atoms with Crippen LogP contribution >= 0.6 is 11.8 Å². The quantitative estimate of drug-likeness (QED) is 0.628. The molecular formula is C7H12N2O2S. The van der Waals surface area contributed by atoms with E-state index in [-0.39, 0.29) is 11.9 Å². The highest BCUT2D eigenvalue weighted by atomic mass is 32.2. The van der Waals surface area contributed by atoms with Crippen molar-refractivity contribution < 1.29 is 9.59 Å². The smallest absolute Gasteiger partial charge is 0.322 e. The van der Waals surface area contributed by atoms with Crippen LogP contribution < -0.4 is 10.6 Å². The monoisotopic (exact) mass is 188 g/mol. The van der Waals surface area contributed by atoms with Crippen molar-refractivity contribution in [1.29, 1.82) is 0 Å². The highest BCUT2D eigenvalue weighted by molar-refractivity contribution is 7.98. The van der Waals surface area contributed by atoms with Crippen LogP contribution in [-0.2, 0) is 4.79 Å². The third-order valence-corrected chi connectivity index (χ3v) is 2.54. The van der Waals surface area contributed by atoms with Crippen molar-refractivity contribution in [2.75, 3.05) is 12.0 Å². The first-order valence-corrected chi connectivity index (χ1v) is 5.10. The maximum atomic E-state index is 11.2. The van der Waals surface area contributed by atoms with Gasteiger partial charge in [-0.05, 0) is 25.4 Å². The summed E-state index contributed by atoms with van der Waals surface area (Å²) >= 11 is 1.66. The molecule has 1 saturated heterocycles. The van der Waals surface area contributed by atoms with E-state index in [1.807, 2.05) is 6.26 Å². The summed E-state index contributed by atoms with van der Waals surface area (Å²) < 4.78 is 0. The van der Waals surface area contributed by atoms with Crippen molar-refractivity contribution >= 4 is 23.7 Å². The molecule has 5 heteroatoms. The van der Waals surface area contributed by atoms with Crippen molar-refractivity contribution in [3.8, 4) is 0 Å². The van der Waals surface area contributed by atoms with Crippen LogP contribution in [0.2, 0.25) is 0 Å². The van der Waals surface area contributed by atoms with E-state index in [1.165, 1.54) is 0 Å². The Kier molecular flexibility index (Phi) is 2.62. The molecule has 12 heavy (non-hydrogen) atoms. The van der Waals surface area contributed by atoms with E-state index < -0.39 is 5.54 Å². The van der Waals surface area contributed by atoms with E-state index in [4.69, 9.17) is 0 Å². The maximum absolute atomic E-state index is 11.2. The Morgan fingerprint density at radius 2 is 2.17 bits per heavy atom. The van der Waals surface area contributed by atoms with E-state index in [0.29, 0.717) is 6.42 Å². The number of hydrogen-bond acceptors (Lipinski definition) is 3. The normalized spacial score (nSPS) is 28.5. The number of nitrogens with one attached hydrogen (secondary N) is 2. The Morgan fingerprint density at radius 3 is 2.58 bits per heavy atom. The summed E-state index contributed by atoms with van der Waals surface area (Å²) in [4.78, 5) is 22.0. The van der Waals surface area contributed by atoms with Crippen LogP contribution in [0.4, 0.5) is 4.79 Å². The van der Waals surface area contributed by atoms with Gasteiger partial charge in [-0.3, -0.25) is 10.1 Å². The molecule has 3 amide bonds. The highest BCUT2D eigenvalue weighted by Gasteiger charge is 2.40. The number of urea groups is 1. The van der Waals surface area contributed by atoms with Gasteiger partial charge in [0, 0.05) is 0 Å². The molecule has 4 nitrogen and oxygen atoms in total. The number of hydrogen-bond donors (Lipinski definition) is 2. The molecule has 1 heterocycles. The molecule has 0 aromatic rings. The van der Waals surface area contributed by atoms with Crippen LogP contribution in [0.25, 0.3) is 0 Å². The Bertz CT molecular complexity index is 219. The number of thioether (sulfide) groups is 1. The summed E-state index contributed by atoms with van der Waals surface area (Å²) in [5, 5.41) is 4.82. The summed E-state index contributed by atoms with van der Waals surface area (Å²) in [7, 11) is 0. The Labute approximate surface area is 75.5 Å². The lowest BCUT2D eigenvalue weighted by atomic mass is 10.00. The third kappa shape index (κ3) is 1.72. The third-order valence-electron chi connectivity index (χ3n) is 1.92. The average molecular weight is 188 g/mol. The number of imide groups is 1. The zero-order valence-corrected chi connectivity index (χ0v) is 7.96. The minimum absolute atomic E-state index is 0.221. The lowest BCUT2D eigenvalue weighted by Crippen LogP contribution is -2.44. The van der Waals surface area contributed by atoms with Gasteiger partial charge in [0.25, 0.3) is 5.91 Å². The van der Waals surface area contributed by atoms with Gasteiger partial charge < -0.3 is 5.32 Å². The van der Waals surface area contributed by atoms with Crippen molar-refractivity contribution in [3.05, 3.63) is 0 Å². The standard InChI is InChI=1S/C7H12N2O2S/c1-7(3-4-12-2)5(10)8-6(11)9-7/h3-4H2,1-2H3,(H2,8,9,10,11). The van der Waals surface area contributed by atoms with E-state index in [1.54, 1.807) is 18.7 Å². The molecule has 2 N–H and O–H groups in total. The van der Waals surface area contributed by atoms with Gasteiger partial charge in [-0.15, -0.1) is 0 Å². The lowest BCUT2D eigenvalue weighted by Gasteiger charge is -2.19. The first kappa shape index (κ1) is 9.38. The van der Waals surface area contributed by atoms with Gasteiger partial charge in [0.05, 0.1) is 0 Å². The molecule has 68 valence electrons. The fourth-order valence-corrected chi connectivity index (χ4v) is 1.67. The Hall–Kier alpha value is -0.710. The average Bonchev–Trinajstić information content (AvgIpc) is 2.23. The zero-order chi connectivity index (χ0) is 9.19. The number of carbonyl (C=O) groups excluding carboxylic acids is 2. The van der Waals surface area contributed by atoms with Gasteiger partial charge in [0.1, 0.15) is 5.54 Å². The van der Waals surface area contributed by atoms with Crippen LogP contribution in [0.3, 0.4) is 0 Å². The molecule has 0 aliphatic carbocycles. The number of rotatable bonds is 3. The molecule has 1 aliphatic rings. The number of carbonyl (C=O) groups is 2. The van der Waals surface area contributed by atoms with Crippen molar-refractivity contribution in [2.24, 2.45) is 0 Å². The summed E-state index contributed by atoms with van der Waals surface area (Å²) in [6.07, 6.45) is 2.64. The predicted octanol–water partition coefficient (Wildman–Crippen LogP) is 0.338. The van der Waals surface area contributed by atoms with Gasteiger partial charge in [-0.25, -0.2) is 4.79 Å². The second-order valence-electron chi connectivity index (χ2n) is 2.98. The van der Waals surface area contributed by atoms with Crippen LogP contribution in [-0.4, -0.2) is 29.5 Å². The summed E-state index contributed by atoms with van der Waals surface area (Å²) in [6.45, 7) is 1.74. The zero-order valence-electron chi connectivity index (χ0n) is 7.14. The first-order valence-electron chi connectivity index (χ1n) is 3.71. The van der Waals surface area contributed by atoms with Gasteiger partial charge in [0.2, 0.25) is 0 Å². The molecule has 1 rings (SSSR count). The number of amides is 3. The van der Waals surface area contributed by atoms with Gasteiger partial charge in [-0.2, -0.15) is 11.8 Å². The van der Waals surface area contributed by atoms with E-state index in [0.717, 1.165) is 5.75 Å². The van der Waals surface area contributed by atoms with E-state index in [2.05, 4.69) is 10.6 Å². The largest absolute Gasteiger partial charge is 0.324 e. The molecule has 0 aromatic heterocycles. The fraction of sp³-hybridized carbons (Fsp3) is 0.714. The SMILES string of the molecule is CSCCC1(C)NC(=O)NC1=O. The van der Waals surface area contributed by atoms with E-state index >= 15 is 0 Å². The predicted molar refractivity (Wildman–Crippen MR) is 48.1 cm³/mol. The molecule has 1 aliphatic heterocycles. The van der Waals surface area contributed by atoms with E-state index in [9.17, 15) is 9.59 Å². The van der Waals surface area contributed by atoms with Crippen molar-refractivity contribution in [2.45, 2.75) is 18.9 Å². The highest BCUT2D eigenvalue weighted by Crippen LogP contribution is 2.16. The maximum Gasteiger partial charge on any atom is 0.322 e. The molecule has 0 bridgehead atoms. The van der Waals surface area contributed by atoms with Crippen LogP contribution in [0.1, 0.15) is 13.3 Å². The second kappa shape index (κ2) is 3.35. The summed E-state index contributed by atoms with van der Waals surface area (Å²) in [5.74, 6) is 0.644. The van der Waals surface area contributed by atoms with Gasteiger partial charge in [0.15, 0.2) is 0 Å². The van der Waals surface area contributed by atoms with Gasteiger partial charge in [-0.1, -0.05) is 0 Å². The summed E-state index contributed by atoms with van der Waals surface area (Å²) in [6, 6.07) is -0.386. The lowest BCUT2D eigenvalue weighted by molar-refractivity contribution is -0.123. The van der Waals surface area contributed by atoms with Crippen LogP contribution in [0, 0.1) is 0 Å². The first-order chi connectivity index (χ1) is 5.58. The topological polar surface area (TPSA) is 58.2 Å². The molecule has 1 atom stereocenters. The molecule has 0 saturated carbocycles. The van der Waals surface area contributed by atoms with Crippen molar-refractivity contribution in [3.63, 3.8) is 0 Å². The molecular weight excluding hydrogens is 176 g/mol. The van der Waals surface area contributed by atoms with Crippen LogP contribution in [0.15, 0.2) is 0 Å². The van der Waals surface area contributed by atoms with Crippen molar-refractivity contribution in [1.82, 2.24) is 10.6 Å².